The molecule has 0 radical (unpaired) electrons. The molecule has 1 saturated heterocycles. The Morgan fingerprint density at radius 2 is 2.22 bits per heavy atom. The lowest BCUT2D eigenvalue weighted by atomic mass is 10.2. The highest BCUT2D eigenvalue weighted by Gasteiger charge is 2.30. The van der Waals surface area contributed by atoms with Gasteiger partial charge in [0.2, 0.25) is 0 Å². The van der Waals surface area contributed by atoms with Crippen molar-refractivity contribution in [3.05, 3.63) is 46.2 Å². The van der Waals surface area contributed by atoms with Crippen molar-refractivity contribution >= 4 is 17.3 Å². The minimum atomic E-state index is -0.766. The molecule has 122 valence electrons. The molecule has 0 saturated carbocycles. The van der Waals surface area contributed by atoms with Crippen LogP contribution in [0.5, 0.6) is 5.75 Å². The van der Waals surface area contributed by atoms with E-state index < -0.39 is 12.0 Å². The number of carboxylic acid groups (broad SMARTS) is 1. The van der Waals surface area contributed by atoms with Crippen LogP contribution in [0.2, 0.25) is 0 Å². The average molecular weight is 336 g/mol. The zero-order valence-corrected chi connectivity index (χ0v) is 13.3. The number of carboxylic acids is 1. The molecule has 0 bridgehead atoms. The molecule has 5 nitrogen and oxygen atoms in total. The summed E-state index contributed by atoms with van der Waals surface area (Å²) in [6, 6.07) is 5.44. The lowest BCUT2D eigenvalue weighted by Crippen LogP contribution is -2.35. The molecule has 2 aromatic rings. The highest BCUT2D eigenvalue weighted by atomic mass is 32.1. The molecule has 0 amide bonds. The van der Waals surface area contributed by atoms with Crippen LogP contribution in [0.4, 0.5) is 4.39 Å². The van der Waals surface area contributed by atoms with E-state index in [1.54, 1.807) is 12.1 Å². The number of carbonyl (C=O) groups is 1. The largest absolute Gasteiger partial charge is 0.486 e. The SMILES string of the molecule is O=C(O)[C@@H]1CCCN1Cc1csc(COc2ccc(F)cc2)n1. The van der Waals surface area contributed by atoms with E-state index in [0.717, 1.165) is 23.7 Å². The zero-order valence-electron chi connectivity index (χ0n) is 12.4. The lowest BCUT2D eigenvalue weighted by Gasteiger charge is -2.19. The van der Waals surface area contributed by atoms with E-state index in [1.165, 1.54) is 23.5 Å². The number of rotatable bonds is 6. The van der Waals surface area contributed by atoms with Gasteiger partial charge in [-0.25, -0.2) is 9.37 Å². The third-order valence-corrected chi connectivity index (χ3v) is 4.66. The molecule has 2 heterocycles. The van der Waals surface area contributed by atoms with E-state index >= 15 is 0 Å². The summed E-state index contributed by atoms with van der Waals surface area (Å²) in [5.74, 6) is -0.473. The van der Waals surface area contributed by atoms with Crippen molar-refractivity contribution < 1.29 is 19.0 Å². The maximum atomic E-state index is 12.8. The number of aliphatic carboxylic acids is 1. The second-order valence-electron chi connectivity index (χ2n) is 5.44. The van der Waals surface area contributed by atoms with Crippen molar-refractivity contribution in [1.82, 2.24) is 9.88 Å². The van der Waals surface area contributed by atoms with Crippen LogP contribution in [0.1, 0.15) is 23.5 Å². The first kappa shape index (κ1) is 15.9. The summed E-state index contributed by atoms with van der Waals surface area (Å²) in [7, 11) is 0. The predicted molar refractivity (Wildman–Crippen MR) is 83.9 cm³/mol. The average Bonchev–Trinajstić information content (AvgIpc) is 3.16. The Balaban J connectivity index is 1.55. The fourth-order valence-corrected chi connectivity index (χ4v) is 3.36. The Morgan fingerprint density at radius 1 is 1.43 bits per heavy atom. The highest BCUT2D eigenvalue weighted by Crippen LogP contribution is 2.22. The summed E-state index contributed by atoms with van der Waals surface area (Å²) >= 11 is 1.48. The number of benzene rings is 1. The number of hydrogen-bond donors (Lipinski definition) is 1. The van der Waals surface area contributed by atoms with E-state index in [2.05, 4.69) is 4.98 Å². The van der Waals surface area contributed by atoms with E-state index in [-0.39, 0.29) is 5.82 Å². The van der Waals surface area contributed by atoms with Crippen molar-refractivity contribution in [3.8, 4) is 5.75 Å². The summed E-state index contributed by atoms with van der Waals surface area (Å²) < 4.78 is 18.4. The maximum Gasteiger partial charge on any atom is 0.320 e. The van der Waals surface area contributed by atoms with Gasteiger partial charge in [-0.2, -0.15) is 0 Å². The van der Waals surface area contributed by atoms with Gasteiger partial charge in [0.15, 0.2) is 0 Å². The molecule has 0 aliphatic carbocycles. The fraction of sp³-hybridized carbons (Fsp3) is 0.375. The minimum absolute atomic E-state index is 0.299. The van der Waals surface area contributed by atoms with Crippen LogP contribution in [0.25, 0.3) is 0 Å². The molecule has 0 unspecified atom stereocenters. The normalized spacial score (nSPS) is 18.2. The fourth-order valence-electron chi connectivity index (χ4n) is 2.67. The first-order valence-corrected chi connectivity index (χ1v) is 8.28. The molecule has 7 heteroatoms. The molecule has 1 aliphatic heterocycles. The van der Waals surface area contributed by atoms with Crippen molar-refractivity contribution in [3.63, 3.8) is 0 Å². The number of nitrogens with zero attached hydrogens (tertiary/aromatic N) is 2. The summed E-state index contributed by atoms with van der Waals surface area (Å²) in [6.45, 7) is 1.65. The van der Waals surface area contributed by atoms with Gasteiger partial charge in [-0.15, -0.1) is 11.3 Å². The lowest BCUT2D eigenvalue weighted by molar-refractivity contribution is -0.142. The number of hydrogen-bond acceptors (Lipinski definition) is 5. The van der Waals surface area contributed by atoms with Gasteiger partial charge in [0, 0.05) is 11.9 Å². The van der Waals surface area contributed by atoms with Crippen LogP contribution in [0.3, 0.4) is 0 Å². The van der Waals surface area contributed by atoms with Crippen molar-refractivity contribution in [1.29, 1.82) is 0 Å². The first-order valence-electron chi connectivity index (χ1n) is 7.40. The van der Waals surface area contributed by atoms with Crippen molar-refractivity contribution in [2.45, 2.75) is 32.0 Å². The summed E-state index contributed by atoms with van der Waals surface area (Å²) in [6.07, 6.45) is 1.60. The number of aromatic nitrogens is 1. The Morgan fingerprint density at radius 3 is 2.96 bits per heavy atom. The minimum Gasteiger partial charge on any atom is -0.486 e. The van der Waals surface area contributed by atoms with E-state index in [9.17, 15) is 14.3 Å². The monoisotopic (exact) mass is 336 g/mol. The number of thiazole rings is 1. The Kier molecular flexibility index (Phi) is 4.88. The quantitative estimate of drug-likeness (QED) is 0.879. The summed E-state index contributed by atoms with van der Waals surface area (Å²) in [5, 5.41) is 11.9. The van der Waals surface area contributed by atoms with Crippen LogP contribution >= 0.6 is 11.3 Å². The number of ether oxygens (including phenoxy) is 1. The smallest absolute Gasteiger partial charge is 0.320 e. The predicted octanol–water partition coefficient (Wildman–Crippen LogP) is 2.91. The zero-order chi connectivity index (χ0) is 16.2. The van der Waals surface area contributed by atoms with Gasteiger partial charge in [0.05, 0.1) is 5.69 Å². The van der Waals surface area contributed by atoms with Crippen LogP contribution < -0.4 is 4.74 Å². The topological polar surface area (TPSA) is 62.7 Å². The number of halogens is 1. The van der Waals surface area contributed by atoms with Gasteiger partial charge in [0.1, 0.15) is 29.2 Å². The molecule has 23 heavy (non-hydrogen) atoms. The molecule has 3 rings (SSSR count). The molecule has 1 fully saturated rings. The van der Waals surface area contributed by atoms with Gasteiger partial charge >= 0.3 is 5.97 Å². The van der Waals surface area contributed by atoms with Gasteiger partial charge in [0.25, 0.3) is 0 Å². The molecule has 1 atom stereocenters. The molecule has 1 N–H and O–H groups in total. The standard InChI is InChI=1S/C16H17FN2O3S/c17-11-3-5-13(6-4-11)22-9-15-18-12(10-23-15)8-19-7-1-2-14(19)16(20)21/h3-6,10,14H,1-2,7-9H2,(H,20,21)/t14-/m0/s1. The van der Waals surface area contributed by atoms with E-state index in [0.29, 0.717) is 25.3 Å². The van der Waals surface area contributed by atoms with E-state index in [1.807, 2.05) is 10.3 Å². The second-order valence-corrected chi connectivity index (χ2v) is 6.38. The van der Waals surface area contributed by atoms with Crippen molar-refractivity contribution in [2.75, 3.05) is 6.54 Å². The molecule has 0 spiro atoms. The molecular weight excluding hydrogens is 319 g/mol. The molecule has 1 aromatic carbocycles. The first-order chi connectivity index (χ1) is 11.1. The van der Waals surface area contributed by atoms with Crippen LogP contribution in [-0.4, -0.2) is 33.5 Å². The molecule has 1 aliphatic rings. The highest BCUT2D eigenvalue weighted by molar-refractivity contribution is 7.09. The third-order valence-electron chi connectivity index (χ3n) is 3.79. The second kappa shape index (κ2) is 7.06. The maximum absolute atomic E-state index is 12.8. The van der Waals surface area contributed by atoms with Gasteiger partial charge in [-0.05, 0) is 43.7 Å². The van der Waals surface area contributed by atoms with Crippen LogP contribution in [0.15, 0.2) is 29.6 Å². The van der Waals surface area contributed by atoms with Crippen molar-refractivity contribution in [2.24, 2.45) is 0 Å². The Bertz CT molecular complexity index is 674. The van der Waals surface area contributed by atoms with Gasteiger partial charge in [-0.3, -0.25) is 9.69 Å². The summed E-state index contributed by atoms with van der Waals surface area (Å²) in [4.78, 5) is 17.6. The molecule has 1 aromatic heterocycles. The third kappa shape index (κ3) is 4.05. The molecular formula is C16H17FN2O3S. The van der Waals surface area contributed by atoms with Gasteiger partial charge < -0.3 is 9.84 Å². The van der Waals surface area contributed by atoms with Crippen LogP contribution in [-0.2, 0) is 17.9 Å². The van der Waals surface area contributed by atoms with Gasteiger partial charge in [-0.1, -0.05) is 0 Å². The Hall–Kier alpha value is -1.99. The summed E-state index contributed by atoms with van der Waals surface area (Å²) in [5.41, 5.74) is 0.862. The van der Waals surface area contributed by atoms with E-state index in [4.69, 9.17) is 4.74 Å². The number of likely N-dealkylation sites (tertiary alicyclic amines) is 1. The van der Waals surface area contributed by atoms with Crippen LogP contribution in [0, 0.1) is 5.82 Å². The Labute approximate surface area is 137 Å².